The van der Waals surface area contributed by atoms with E-state index in [-0.39, 0.29) is 170 Å². The third-order valence-corrected chi connectivity index (χ3v) is 10.7. The summed E-state index contributed by atoms with van der Waals surface area (Å²) in [5.74, 6) is -4.89. The van der Waals surface area contributed by atoms with Crippen LogP contribution in [0, 0.1) is 13.8 Å². The Balaban J connectivity index is 0.00000336. The maximum atomic E-state index is 13.8. The summed E-state index contributed by atoms with van der Waals surface area (Å²) in [6.07, 6.45) is -0.649. The van der Waals surface area contributed by atoms with Crippen molar-refractivity contribution in [2.75, 3.05) is 19.4 Å². The van der Waals surface area contributed by atoms with E-state index in [2.05, 4.69) is 5.32 Å². The van der Waals surface area contributed by atoms with Gasteiger partial charge in [-0.3, -0.25) is 24.4 Å². The molecule has 3 unspecified atom stereocenters. The molecule has 0 radical (unpaired) electrons. The summed E-state index contributed by atoms with van der Waals surface area (Å²) in [5.41, 5.74) is 5.24. The average Bonchev–Trinajstić information content (AvgIpc) is 3.72. The summed E-state index contributed by atoms with van der Waals surface area (Å²) in [7, 11) is -3.43. The van der Waals surface area contributed by atoms with Crippen LogP contribution in [0.2, 0.25) is 0 Å². The molecule has 0 fully saturated rings. The second-order valence-corrected chi connectivity index (χ2v) is 14.8. The minimum absolute atomic E-state index is 0. The van der Waals surface area contributed by atoms with Crippen molar-refractivity contribution in [1.82, 2.24) is 25.3 Å². The summed E-state index contributed by atoms with van der Waals surface area (Å²) in [6.45, 7) is 10.3. The van der Waals surface area contributed by atoms with E-state index in [1.807, 2.05) is 20.8 Å². The minimum Gasteiger partial charge on any atom is -0.748 e. The number of esters is 1. The number of aromatic nitrogens is 4. The number of carbonyl (C=O) groups is 4. The first-order chi connectivity index (χ1) is 23.9. The maximum absolute atomic E-state index is 13.8. The molecule has 1 N–H and O–H groups in total. The molecule has 0 saturated carbocycles. The van der Waals surface area contributed by atoms with Crippen LogP contribution >= 0.6 is 0 Å². The number of ether oxygens (including phenoxy) is 1. The first-order valence-electron chi connectivity index (χ1n) is 16.6. The summed E-state index contributed by atoms with van der Waals surface area (Å²) in [6, 6.07) is 5.28. The standard InChI is InChI=1S/C36H43N5O9S.2K.Pd/c1-16-17(2)25-15-29-32(21(6)42)19(4)27(39-29)14-26-18(3)22(8-9-30(43)44)34(40-26)23(12-31(45)50-7)35-33(36(46)37-10-11-51(47,48)49)20(5)28(41-35)13-24(16)38-25;;;/h13-18,22H,8-12H2,1-7H3,(H5,37,38,39,40,41,42,43,44,46,47,48,49);;;/q;2*+1;+2/p-4/t16?,17?,18?,22-;;;/m0.../s1. The van der Waals surface area contributed by atoms with Crippen molar-refractivity contribution in [2.24, 2.45) is 0 Å². The molecule has 5 rings (SSSR count). The number of hydrogen-bond acceptors (Lipinski definition) is 11. The van der Waals surface area contributed by atoms with Crippen molar-refractivity contribution in [3.63, 3.8) is 0 Å². The molecule has 18 heteroatoms. The van der Waals surface area contributed by atoms with E-state index in [4.69, 9.17) is 24.7 Å². The predicted molar refractivity (Wildman–Crippen MR) is 183 cm³/mol. The van der Waals surface area contributed by atoms with Gasteiger partial charge in [-0.25, -0.2) is 8.42 Å². The Morgan fingerprint density at radius 3 is 1.94 bits per heavy atom. The smallest absolute Gasteiger partial charge is 0.748 e. The van der Waals surface area contributed by atoms with Crippen LogP contribution in [0.4, 0.5) is 0 Å². The van der Waals surface area contributed by atoms with Gasteiger partial charge >= 0.3 is 129 Å². The maximum Gasteiger partial charge on any atom is 2.00 e. The van der Waals surface area contributed by atoms with Gasteiger partial charge in [0.1, 0.15) is 0 Å². The summed E-state index contributed by atoms with van der Waals surface area (Å²) in [5, 5.41) is 14.2. The van der Waals surface area contributed by atoms with Crippen molar-refractivity contribution in [2.45, 2.75) is 84.5 Å². The number of fused-ring (bicyclic) bond motifs is 8. The Labute approximate surface area is 412 Å². The first-order valence-corrected chi connectivity index (χ1v) is 18.1. The zero-order valence-corrected chi connectivity index (χ0v) is 40.4. The van der Waals surface area contributed by atoms with Gasteiger partial charge < -0.3 is 34.5 Å². The molecule has 1 amide bonds. The van der Waals surface area contributed by atoms with Gasteiger partial charge in [0.25, 0.3) is 0 Å². The van der Waals surface area contributed by atoms with Crippen molar-refractivity contribution >= 4 is 55.8 Å². The number of carboxylic acid groups (broad SMARTS) is 1. The van der Waals surface area contributed by atoms with Gasteiger partial charge in [-0.15, -0.1) is 22.1 Å². The third-order valence-electron chi connectivity index (χ3n) is 9.97. The molecular weight excluding hydrogens is 863 g/mol. The number of nitrogens with zero attached hydrogens (tertiary/aromatic N) is 4. The largest absolute Gasteiger partial charge is 2.00 e. The van der Waals surface area contributed by atoms with Crippen molar-refractivity contribution in [3.05, 3.63) is 68.8 Å². The van der Waals surface area contributed by atoms with Gasteiger partial charge in [-0.05, 0) is 39.2 Å². The Morgan fingerprint density at radius 2 is 1.41 bits per heavy atom. The monoisotopic (exact) mass is 901 g/mol. The van der Waals surface area contributed by atoms with E-state index in [0.29, 0.717) is 56.0 Å². The molecule has 0 spiro atoms. The Morgan fingerprint density at radius 1 is 0.870 bits per heavy atom. The summed E-state index contributed by atoms with van der Waals surface area (Å²) >= 11 is 0. The van der Waals surface area contributed by atoms with Crippen molar-refractivity contribution < 1.29 is 165 Å². The number of aliphatic carboxylic acids is 1. The van der Waals surface area contributed by atoms with E-state index < -0.39 is 58.5 Å². The molecule has 4 atom stereocenters. The fraction of sp³-hybridized carbons (Fsp3) is 0.444. The molecule has 2 aliphatic heterocycles. The molecule has 54 heavy (non-hydrogen) atoms. The fourth-order valence-corrected chi connectivity index (χ4v) is 7.22. The fourth-order valence-electron chi connectivity index (χ4n) is 6.87. The molecule has 280 valence electrons. The van der Waals surface area contributed by atoms with Crippen LogP contribution in [-0.4, -0.2) is 66.0 Å². The third kappa shape index (κ3) is 10.8. The van der Waals surface area contributed by atoms with E-state index >= 15 is 0 Å². The number of nitrogens with one attached hydrogen (secondary N) is 1. The molecule has 5 heterocycles. The number of amides is 1. The van der Waals surface area contributed by atoms with Gasteiger partial charge in [-0.1, -0.05) is 50.1 Å². The number of aryl methyl sites for hydroxylation is 2. The molecule has 14 nitrogen and oxygen atoms in total. The van der Waals surface area contributed by atoms with E-state index in [0.717, 1.165) is 0 Å². The minimum atomic E-state index is -4.64. The van der Waals surface area contributed by atoms with Crippen LogP contribution in [0.1, 0.15) is 124 Å². The van der Waals surface area contributed by atoms with Crippen LogP contribution in [0.25, 0.3) is 22.1 Å². The number of ketones is 1. The van der Waals surface area contributed by atoms with Gasteiger partial charge in [0.05, 0.1) is 29.4 Å². The predicted octanol–water partition coefficient (Wildman–Crippen LogP) is -3.29. The van der Waals surface area contributed by atoms with Crippen LogP contribution < -0.4 is 123 Å². The van der Waals surface area contributed by atoms with Crippen molar-refractivity contribution in [3.8, 4) is 0 Å². The van der Waals surface area contributed by atoms with Gasteiger partial charge in [-0.2, -0.15) is 0 Å². The van der Waals surface area contributed by atoms with Crippen LogP contribution in [0.3, 0.4) is 0 Å². The molecule has 8 bridgehead atoms. The number of Topliss-reactive ketones (excluding diaryl/α,β-unsaturated/α-hetero) is 1. The molecule has 3 aromatic rings. The zero-order chi connectivity index (χ0) is 37.5. The quantitative estimate of drug-likeness (QED) is 0.0914. The average molecular weight is 902 g/mol. The van der Waals surface area contributed by atoms with Crippen LogP contribution in [0.5, 0.6) is 0 Å². The molecule has 3 aromatic heterocycles. The normalized spacial score (nSPS) is 17.7. The zero-order valence-electron chi connectivity index (χ0n) is 31.8. The second-order valence-electron chi connectivity index (χ2n) is 13.2. The summed E-state index contributed by atoms with van der Waals surface area (Å²) in [4.78, 5) is 71.1. The van der Waals surface area contributed by atoms with Gasteiger partial charge in [0.2, 0.25) is 5.91 Å². The van der Waals surface area contributed by atoms with E-state index in [9.17, 15) is 37.3 Å². The number of carboxylic acids is 1. The molecule has 0 aromatic carbocycles. The Kier molecular flexibility index (Phi) is 18.4. The molecular formula is C36H39K2N5O9PdS. The number of hydrogen-bond donors (Lipinski definition) is 1. The Bertz CT molecular complexity index is 2240. The van der Waals surface area contributed by atoms with E-state index in [1.165, 1.54) is 14.0 Å². The van der Waals surface area contributed by atoms with Crippen LogP contribution in [-0.2, 0) is 51.3 Å². The van der Waals surface area contributed by atoms with E-state index in [1.54, 1.807) is 32.0 Å². The van der Waals surface area contributed by atoms with Crippen LogP contribution in [0.15, 0.2) is 18.2 Å². The first kappa shape index (κ1) is 49.2. The Hall–Kier alpha value is -0.955. The van der Waals surface area contributed by atoms with Gasteiger partial charge in [0.15, 0.2) is 5.78 Å². The van der Waals surface area contributed by atoms with Crippen molar-refractivity contribution in [1.29, 1.82) is 0 Å². The second kappa shape index (κ2) is 20.1. The molecule has 0 aliphatic carbocycles. The molecule has 0 saturated heterocycles. The number of carbonyl (C=O) groups excluding carboxylic acids is 4. The number of methoxy groups -OCH3 is 1. The molecule has 2 aliphatic rings. The topological polar surface area (TPSA) is 224 Å². The number of rotatable bonds is 10. The SMILES string of the molecule is COC(=O)Cc1c2nc(cc3[n-]c(cc4nc(cc5[n-]c1c(C(=O)NCCS(=O)(=O)[O-])c5C)C(C)C4C)c(C(C)=O)c3C)C(C)[C@@H]2CCC(=O)[O-].[K+].[K+].[Pd+2]. The van der Waals surface area contributed by atoms with Gasteiger partial charge in [0, 0.05) is 70.1 Å². The summed E-state index contributed by atoms with van der Waals surface area (Å²) < 4.78 is 39.0.